The van der Waals surface area contributed by atoms with E-state index in [9.17, 15) is 18.0 Å². The number of ether oxygens (including phenoxy) is 1. The fraction of sp³-hybridized carbons (Fsp3) is 0.867. The second kappa shape index (κ2) is 10.3. The van der Waals surface area contributed by atoms with Crippen LogP contribution >= 0.6 is 11.8 Å². The van der Waals surface area contributed by atoms with Crippen LogP contribution in [-0.2, 0) is 24.3 Å². The first kappa shape index (κ1) is 22.2. The first-order valence-electron chi connectivity index (χ1n) is 8.34. The highest BCUT2D eigenvalue weighted by atomic mass is 32.2. The molecular weight excluding hydrogens is 368 g/mol. The van der Waals surface area contributed by atoms with Crippen molar-refractivity contribution in [3.8, 4) is 0 Å². The van der Waals surface area contributed by atoms with E-state index in [0.29, 0.717) is 13.2 Å². The van der Waals surface area contributed by atoms with Crippen LogP contribution in [0.5, 0.6) is 0 Å². The van der Waals surface area contributed by atoms with Crippen LogP contribution in [0.3, 0.4) is 0 Å². The molecule has 0 aromatic rings. The van der Waals surface area contributed by atoms with Crippen molar-refractivity contribution in [3.63, 3.8) is 0 Å². The van der Waals surface area contributed by atoms with Gasteiger partial charge in [0, 0.05) is 19.6 Å². The van der Waals surface area contributed by atoms with Crippen molar-refractivity contribution in [2.45, 2.75) is 38.0 Å². The highest BCUT2D eigenvalue weighted by Gasteiger charge is 2.31. The van der Waals surface area contributed by atoms with Gasteiger partial charge in [-0.2, -0.15) is 4.31 Å². The lowest BCUT2D eigenvalue weighted by Crippen LogP contribution is -2.52. The second-order valence-electron chi connectivity index (χ2n) is 6.09. The molecule has 1 heterocycles. The van der Waals surface area contributed by atoms with Crippen molar-refractivity contribution in [3.05, 3.63) is 0 Å². The Balaban J connectivity index is 2.63. The normalized spacial score (nSPS) is 19.8. The molecule has 10 heteroatoms. The van der Waals surface area contributed by atoms with Crippen LogP contribution in [0.25, 0.3) is 0 Å². The first-order valence-corrected chi connectivity index (χ1v) is 11.2. The van der Waals surface area contributed by atoms with Gasteiger partial charge in [0.15, 0.2) is 0 Å². The van der Waals surface area contributed by atoms with Gasteiger partial charge in [0.1, 0.15) is 6.54 Å². The number of nitrogens with zero attached hydrogens (tertiary/aromatic N) is 2. The number of carbonyl (C=O) groups is 2. The number of carboxylic acid groups (broad SMARTS) is 1. The molecular formula is C15H28N2O6S2. The highest BCUT2D eigenvalue weighted by Crippen LogP contribution is 2.18. The van der Waals surface area contributed by atoms with Crippen molar-refractivity contribution < 1.29 is 27.9 Å². The molecule has 1 saturated heterocycles. The Bertz CT molecular complexity index is 554. The van der Waals surface area contributed by atoms with Gasteiger partial charge in [-0.3, -0.25) is 9.59 Å². The lowest BCUT2D eigenvalue weighted by molar-refractivity contribution is -0.140. The van der Waals surface area contributed by atoms with Crippen molar-refractivity contribution >= 4 is 33.7 Å². The molecule has 1 fully saturated rings. The van der Waals surface area contributed by atoms with Crippen LogP contribution in [0.1, 0.15) is 26.7 Å². The number of carbonyl (C=O) groups excluding carboxylic acids is 1. The lowest BCUT2D eigenvalue weighted by Gasteiger charge is -2.36. The van der Waals surface area contributed by atoms with E-state index in [1.807, 2.05) is 6.92 Å². The quantitative estimate of drug-likeness (QED) is 0.536. The number of sulfonamides is 1. The summed E-state index contributed by atoms with van der Waals surface area (Å²) < 4.78 is 29.9. The Kier molecular flexibility index (Phi) is 9.19. The van der Waals surface area contributed by atoms with Crippen molar-refractivity contribution in [2.75, 3.05) is 44.8 Å². The average Bonchev–Trinajstić information content (AvgIpc) is 2.52. The summed E-state index contributed by atoms with van der Waals surface area (Å²) in [5.41, 5.74) is 0. The van der Waals surface area contributed by atoms with E-state index in [2.05, 4.69) is 6.92 Å². The summed E-state index contributed by atoms with van der Waals surface area (Å²) in [5, 5.41) is 8.72. The molecule has 1 rings (SSSR count). The van der Waals surface area contributed by atoms with E-state index in [1.54, 1.807) is 16.7 Å². The summed E-state index contributed by atoms with van der Waals surface area (Å²) in [6, 6.07) is 0. The molecule has 146 valence electrons. The molecule has 0 aromatic heterocycles. The highest BCUT2D eigenvalue weighted by molar-refractivity contribution is 8.00. The smallest absolute Gasteiger partial charge is 0.318 e. The zero-order valence-electron chi connectivity index (χ0n) is 15.0. The maximum atomic E-state index is 12.5. The largest absolute Gasteiger partial charge is 0.480 e. The average molecular weight is 397 g/mol. The van der Waals surface area contributed by atoms with Crippen LogP contribution in [0.15, 0.2) is 0 Å². The lowest BCUT2D eigenvalue weighted by atomic mass is 10.2. The number of thioether (sulfide) groups is 1. The minimum absolute atomic E-state index is 0.0125. The van der Waals surface area contributed by atoms with E-state index in [4.69, 9.17) is 9.84 Å². The molecule has 0 spiro atoms. The summed E-state index contributed by atoms with van der Waals surface area (Å²) in [7, 11) is -3.66. The fourth-order valence-corrected chi connectivity index (χ4v) is 4.34. The number of aliphatic carboxylic acids is 1. The molecule has 25 heavy (non-hydrogen) atoms. The van der Waals surface area contributed by atoms with Gasteiger partial charge in [0.25, 0.3) is 0 Å². The van der Waals surface area contributed by atoms with Gasteiger partial charge in [-0.05, 0) is 19.1 Å². The van der Waals surface area contributed by atoms with Gasteiger partial charge in [-0.25, -0.2) is 8.42 Å². The Morgan fingerprint density at radius 2 is 2.12 bits per heavy atom. The molecule has 0 aliphatic carbocycles. The maximum Gasteiger partial charge on any atom is 0.318 e. The third-order valence-electron chi connectivity index (χ3n) is 3.85. The van der Waals surface area contributed by atoms with Gasteiger partial charge in [0.05, 0.1) is 24.2 Å². The molecule has 1 amide bonds. The van der Waals surface area contributed by atoms with Crippen molar-refractivity contribution in [1.29, 1.82) is 0 Å². The third-order valence-corrected chi connectivity index (χ3v) is 6.29. The van der Waals surface area contributed by atoms with Crippen molar-refractivity contribution in [2.24, 2.45) is 0 Å². The maximum absolute atomic E-state index is 12.5. The minimum atomic E-state index is -3.66. The zero-order valence-corrected chi connectivity index (χ0v) is 16.6. The molecule has 0 saturated carbocycles. The van der Waals surface area contributed by atoms with Crippen LogP contribution < -0.4 is 0 Å². The van der Waals surface area contributed by atoms with E-state index in [1.165, 1.54) is 0 Å². The van der Waals surface area contributed by atoms with Gasteiger partial charge in [0.2, 0.25) is 15.9 Å². The molecule has 0 bridgehead atoms. The number of rotatable bonds is 10. The molecule has 8 nitrogen and oxygen atoms in total. The summed E-state index contributed by atoms with van der Waals surface area (Å²) >= 11 is 1.61. The standard InChI is InChI=1S/C15H28N2O6S2/c1-4-5-8-24-12(2)15(20)16-6-7-23-13(9-16)10-17(11-14(18)19)25(3,21)22/h12-13H,4-11H2,1-3H3,(H,18,19). The predicted octanol–water partition coefficient (Wildman–Crippen LogP) is 0.482. The summed E-state index contributed by atoms with van der Waals surface area (Å²) in [6.07, 6.45) is 2.58. The van der Waals surface area contributed by atoms with Gasteiger partial charge in [-0.1, -0.05) is 13.3 Å². The number of carboxylic acids is 1. The monoisotopic (exact) mass is 396 g/mol. The molecule has 1 N–H and O–H groups in total. The minimum Gasteiger partial charge on any atom is -0.480 e. The Morgan fingerprint density at radius 3 is 2.68 bits per heavy atom. The topological polar surface area (TPSA) is 104 Å². The molecule has 1 aliphatic heterocycles. The SMILES string of the molecule is CCCCSC(C)C(=O)N1CCOC(CN(CC(=O)O)S(C)(=O)=O)C1. The second-order valence-corrected chi connectivity index (χ2v) is 9.52. The van der Waals surface area contributed by atoms with Crippen LogP contribution in [0.2, 0.25) is 0 Å². The van der Waals surface area contributed by atoms with Crippen molar-refractivity contribution in [1.82, 2.24) is 9.21 Å². The van der Waals surface area contributed by atoms with Gasteiger partial charge >= 0.3 is 5.97 Å². The number of amides is 1. The van der Waals surface area contributed by atoms with Gasteiger partial charge < -0.3 is 14.7 Å². The fourth-order valence-electron chi connectivity index (χ4n) is 2.46. The number of hydrogen-bond donors (Lipinski definition) is 1. The molecule has 1 aliphatic rings. The van der Waals surface area contributed by atoms with Crippen LogP contribution in [-0.4, -0.2) is 90.8 Å². The van der Waals surface area contributed by atoms with E-state index >= 15 is 0 Å². The summed E-state index contributed by atoms with van der Waals surface area (Å²) in [4.78, 5) is 25.1. The molecule has 2 unspecified atom stereocenters. The summed E-state index contributed by atoms with van der Waals surface area (Å²) in [5.74, 6) is -0.286. The molecule has 0 radical (unpaired) electrons. The first-order chi connectivity index (χ1) is 11.6. The van der Waals surface area contributed by atoms with Crippen LogP contribution in [0.4, 0.5) is 0 Å². The number of unbranched alkanes of at least 4 members (excludes halogenated alkanes) is 1. The van der Waals surface area contributed by atoms with Gasteiger partial charge in [-0.15, -0.1) is 11.8 Å². The van der Waals surface area contributed by atoms with E-state index in [0.717, 1.165) is 29.2 Å². The van der Waals surface area contributed by atoms with Crippen LogP contribution in [0, 0.1) is 0 Å². The Labute approximate surface area is 153 Å². The predicted molar refractivity (Wildman–Crippen MR) is 97.2 cm³/mol. The molecule has 0 aromatic carbocycles. The molecule has 2 atom stereocenters. The number of hydrogen-bond acceptors (Lipinski definition) is 6. The Hall–Kier alpha value is -0.840. The third kappa shape index (κ3) is 7.93. The zero-order chi connectivity index (χ0) is 19.0. The van der Waals surface area contributed by atoms with E-state index < -0.39 is 28.6 Å². The van der Waals surface area contributed by atoms with E-state index in [-0.39, 0.29) is 24.2 Å². The number of morpholine rings is 1. The summed E-state index contributed by atoms with van der Waals surface area (Å²) in [6.45, 7) is 4.33. The Morgan fingerprint density at radius 1 is 1.44 bits per heavy atom.